The Hall–Kier alpha value is -1.92. The van der Waals surface area contributed by atoms with Gasteiger partial charge in [-0.05, 0) is 30.3 Å². The van der Waals surface area contributed by atoms with Crippen LogP contribution in [0.25, 0.3) is 0 Å². The highest BCUT2D eigenvalue weighted by molar-refractivity contribution is 7.89. The maximum atomic E-state index is 13.8. The number of nitrogens with one attached hydrogen (secondary N) is 1. The van der Waals surface area contributed by atoms with Crippen molar-refractivity contribution < 1.29 is 43.5 Å². The molecular formula is C15H8ClF8NO2S. The number of sulfonamides is 1. The summed E-state index contributed by atoms with van der Waals surface area (Å²) in [4.78, 5) is -1.38. The van der Waals surface area contributed by atoms with E-state index in [1.165, 1.54) is 0 Å². The molecule has 0 aliphatic carbocycles. The lowest BCUT2D eigenvalue weighted by molar-refractivity contribution is -0.143. The van der Waals surface area contributed by atoms with Gasteiger partial charge in [-0.25, -0.2) is 21.9 Å². The van der Waals surface area contributed by atoms with E-state index in [-0.39, 0.29) is 18.2 Å². The maximum absolute atomic E-state index is 13.8. The van der Waals surface area contributed by atoms with Gasteiger partial charge in [0.15, 0.2) is 0 Å². The van der Waals surface area contributed by atoms with E-state index in [0.717, 1.165) is 6.07 Å². The zero-order chi connectivity index (χ0) is 21.5. The van der Waals surface area contributed by atoms with Crippen molar-refractivity contribution in [3.05, 3.63) is 63.7 Å². The van der Waals surface area contributed by atoms with E-state index in [1.807, 2.05) is 0 Å². The van der Waals surface area contributed by atoms with Gasteiger partial charge >= 0.3 is 12.4 Å². The van der Waals surface area contributed by atoms with Crippen LogP contribution >= 0.6 is 11.6 Å². The van der Waals surface area contributed by atoms with Gasteiger partial charge in [0, 0.05) is 12.1 Å². The molecule has 0 atom stereocenters. The van der Waals surface area contributed by atoms with Crippen LogP contribution in [-0.4, -0.2) is 8.42 Å². The van der Waals surface area contributed by atoms with Crippen molar-refractivity contribution in [3.63, 3.8) is 0 Å². The average Bonchev–Trinajstić information content (AvgIpc) is 2.56. The van der Waals surface area contributed by atoms with E-state index in [2.05, 4.69) is 0 Å². The molecule has 13 heteroatoms. The first-order chi connectivity index (χ1) is 12.6. The molecule has 3 nitrogen and oxygen atoms in total. The zero-order valence-corrected chi connectivity index (χ0v) is 14.8. The van der Waals surface area contributed by atoms with Crippen molar-refractivity contribution in [2.45, 2.75) is 23.8 Å². The number of benzene rings is 2. The van der Waals surface area contributed by atoms with Crippen molar-refractivity contribution in [3.8, 4) is 0 Å². The summed E-state index contributed by atoms with van der Waals surface area (Å²) in [6.07, 6.45) is -10.5. The summed E-state index contributed by atoms with van der Waals surface area (Å²) in [5, 5.41) is -0.561. The Bertz CT molecular complexity index is 970. The van der Waals surface area contributed by atoms with Crippen molar-refractivity contribution in [1.82, 2.24) is 4.72 Å². The summed E-state index contributed by atoms with van der Waals surface area (Å²) in [7, 11) is -5.00. The van der Waals surface area contributed by atoms with Crippen molar-refractivity contribution in [2.75, 3.05) is 0 Å². The molecule has 0 aliphatic rings. The van der Waals surface area contributed by atoms with Crippen LogP contribution in [0.5, 0.6) is 0 Å². The summed E-state index contributed by atoms with van der Waals surface area (Å²) in [5.41, 5.74) is -4.58. The van der Waals surface area contributed by atoms with Gasteiger partial charge in [0.05, 0.1) is 21.0 Å². The fourth-order valence-corrected chi connectivity index (χ4v) is 3.31. The molecule has 0 heterocycles. The molecule has 0 unspecified atom stereocenters. The maximum Gasteiger partial charge on any atom is 0.416 e. The Balaban J connectivity index is 2.47. The van der Waals surface area contributed by atoms with Crippen LogP contribution in [0, 0.1) is 11.6 Å². The van der Waals surface area contributed by atoms with E-state index >= 15 is 0 Å². The normalized spacial score (nSPS) is 13.0. The quantitative estimate of drug-likeness (QED) is 0.515. The Kier molecular flexibility index (Phi) is 5.98. The Labute approximate surface area is 158 Å². The molecule has 0 saturated heterocycles. The van der Waals surface area contributed by atoms with Crippen LogP contribution in [0.1, 0.15) is 16.7 Å². The highest BCUT2D eigenvalue weighted by Gasteiger charge is 2.38. The molecule has 0 amide bonds. The predicted octanol–water partition coefficient (Wildman–Crippen LogP) is 5.13. The van der Waals surface area contributed by atoms with Crippen LogP contribution in [0.3, 0.4) is 0 Å². The fourth-order valence-electron chi connectivity index (χ4n) is 2.06. The summed E-state index contributed by atoms with van der Waals surface area (Å²) >= 11 is 5.43. The molecule has 2 aromatic carbocycles. The molecule has 0 aliphatic heterocycles. The van der Waals surface area contributed by atoms with E-state index in [9.17, 15) is 43.5 Å². The molecule has 2 aromatic rings. The molecule has 1 N–H and O–H groups in total. The van der Waals surface area contributed by atoms with E-state index < -0.39 is 67.2 Å². The summed E-state index contributed by atoms with van der Waals surface area (Å²) in [6.45, 7) is -1.10. The summed E-state index contributed by atoms with van der Waals surface area (Å²) in [6, 6.07) is 1.24. The lowest BCUT2D eigenvalue weighted by Crippen LogP contribution is -2.25. The van der Waals surface area contributed by atoms with Crippen LogP contribution in [0.2, 0.25) is 5.02 Å². The predicted molar refractivity (Wildman–Crippen MR) is 81.8 cm³/mol. The van der Waals surface area contributed by atoms with Crippen LogP contribution in [0.4, 0.5) is 35.1 Å². The van der Waals surface area contributed by atoms with E-state index in [1.54, 1.807) is 4.72 Å². The van der Waals surface area contributed by atoms with Crippen molar-refractivity contribution >= 4 is 21.6 Å². The molecule has 2 rings (SSSR count). The summed E-state index contributed by atoms with van der Waals surface area (Å²) in [5.74, 6) is -2.55. The lowest BCUT2D eigenvalue weighted by atomic mass is 10.1. The highest BCUT2D eigenvalue weighted by atomic mass is 35.5. The van der Waals surface area contributed by atoms with Gasteiger partial charge in [-0.2, -0.15) is 26.3 Å². The molecule has 0 fully saturated rings. The first-order valence-corrected chi connectivity index (χ1v) is 8.90. The van der Waals surface area contributed by atoms with Gasteiger partial charge in [-0.1, -0.05) is 11.6 Å². The molecule has 154 valence electrons. The van der Waals surface area contributed by atoms with Gasteiger partial charge in [0.1, 0.15) is 11.6 Å². The first-order valence-electron chi connectivity index (χ1n) is 7.04. The number of alkyl halides is 6. The second-order valence-electron chi connectivity index (χ2n) is 5.39. The van der Waals surface area contributed by atoms with Crippen molar-refractivity contribution in [2.24, 2.45) is 0 Å². The van der Waals surface area contributed by atoms with E-state index in [4.69, 9.17) is 11.6 Å². The molecule has 0 spiro atoms. The van der Waals surface area contributed by atoms with Gasteiger partial charge in [-0.3, -0.25) is 0 Å². The number of halogens is 9. The molecular weight excluding hydrogens is 446 g/mol. The lowest BCUT2D eigenvalue weighted by Gasteiger charge is -2.15. The number of hydrogen-bond acceptors (Lipinski definition) is 2. The van der Waals surface area contributed by atoms with Gasteiger partial charge in [-0.15, -0.1) is 0 Å². The van der Waals surface area contributed by atoms with Crippen LogP contribution in [-0.2, 0) is 28.9 Å². The smallest absolute Gasteiger partial charge is 0.207 e. The second kappa shape index (κ2) is 7.48. The third-order valence-electron chi connectivity index (χ3n) is 3.45. The van der Waals surface area contributed by atoms with Crippen LogP contribution in [0.15, 0.2) is 35.2 Å². The first kappa shape index (κ1) is 22.4. The average molecular weight is 454 g/mol. The number of hydrogen-bond donors (Lipinski definition) is 1. The molecule has 0 bridgehead atoms. The highest BCUT2D eigenvalue weighted by Crippen LogP contribution is 2.37. The minimum atomic E-state index is -5.27. The monoisotopic (exact) mass is 453 g/mol. The van der Waals surface area contributed by atoms with Crippen molar-refractivity contribution in [1.29, 1.82) is 0 Å². The Morgan fingerprint density at radius 2 is 1.39 bits per heavy atom. The van der Waals surface area contributed by atoms with Crippen LogP contribution < -0.4 is 4.72 Å². The zero-order valence-electron chi connectivity index (χ0n) is 13.2. The second-order valence-corrected chi connectivity index (χ2v) is 7.56. The number of rotatable bonds is 4. The Morgan fingerprint density at radius 1 is 0.893 bits per heavy atom. The van der Waals surface area contributed by atoms with Gasteiger partial charge < -0.3 is 0 Å². The standard InChI is InChI=1S/C15H8ClF8NO2S/c16-11-1-2-12(17)10(13(11)18)6-25-28(26,27)9-4-7(14(19,20)21)3-8(5-9)15(22,23)24/h1-5,25H,6H2. The minimum Gasteiger partial charge on any atom is -0.207 e. The largest absolute Gasteiger partial charge is 0.416 e. The third kappa shape index (κ3) is 4.92. The third-order valence-corrected chi connectivity index (χ3v) is 5.12. The topological polar surface area (TPSA) is 46.2 Å². The molecule has 28 heavy (non-hydrogen) atoms. The molecule has 0 radical (unpaired) electrons. The fraction of sp³-hybridized carbons (Fsp3) is 0.200. The summed E-state index contributed by atoms with van der Waals surface area (Å²) < 4.78 is 130. The molecule has 0 aromatic heterocycles. The SMILES string of the molecule is O=S(=O)(NCc1c(F)ccc(Cl)c1F)c1cc(C(F)(F)F)cc(C(F)(F)F)c1. The van der Waals surface area contributed by atoms with Gasteiger partial charge in [0.25, 0.3) is 0 Å². The van der Waals surface area contributed by atoms with Gasteiger partial charge in [0.2, 0.25) is 10.0 Å². The minimum absolute atomic E-state index is 0.0255. The Morgan fingerprint density at radius 3 is 1.86 bits per heavy atom. The van der Waals surface area contributed by atoms with E-state index in [0.29, 0.717) is 6.07 Å². The molecule has 0 saturated carbocycles.